The van der Waals surface area contributed by atoms with E-state index in [-0.39, 0.29) is 6.54 Å². The van der Waals surface area contributed by atoms with Crippen molar-refractivity contribution in [3.05, 3.63) is 54.0 Å². The van der Waals surface area contributed by atoms with E-state index in [4.69, 9.17) is 4.42 Å². The lowest BCUT2D eigenvalue weighted by Gasteiger charge is -2.11. The van der Waals surface area contributed by atoms with Crippen molar-refractivity contribution in [3.8, 4) is 0 Å². The predicted octanol–water partition coefficient (Wildman–Crippen LogP) is 2.01. The van der Waals surface area contributed by atoms with Crippen LogP contribution in [0.5, 0.6) is 0 Å². The van der Waals surface area contributed by atoms with Crippen LogP contribution in [0.15, 0.2) is 52.0 Å². The molecule has 6 heteroatoms. The summed E-state index contributed by atoms with van der Waals surface area (Å²) in [5.74, 6) is 0.590. The maximum atomic E-state index is 12.4. The molecule has 0 bridgehead atoms. The summed E-state index contributed by atoms with van der Waals surface area (Å²) in [5, 5.41) is 3.34. The van der Waals surface area contributed by atoms with Crippen molar-refractivity contribution in [1.82, 2.24) is 10.0 Å². The number of furan rings is 1. The van der Waals surface area contributed by atoms with Gasteiger partial charge in [-0.05, 0) is 36.6 Å². The van der Waals surface area contributed by atoms with Gasteiger partial charge in [-0.3, -0.25) is 0 Å². The zero-order valence-electron chi connectivity index (χ0n) is 11.6. The van der Waals surface area contributed by atoms with E-state index in [1.807, 2.05) is 12.1 Å². The lowest BCUT2D eigenvalue weighted by molar-refractivity contribution is 0.498. The highest BCUT2D eigenvalue weighted by atomic mass is 32.2. The normalized spacial score (nSPS) is 15.2. The molecular formula is C15H18N2O3S. The van der Waals surface area contributed by atoms with Crippen molar-refractivity contribution < 1.29 is 12.8 Å². The van der Waals surface area contributed by atoms with Gasteiger partial charge in [-0.25, -0.2) is 13.1 Å². The van der Waals surface area contributed by atoms with Crippen LogP contribution in [0.4, 0.5) is 0 Å². The number of benzene rings is 1. The van der Waals surface area contributed by atoms with Gasteiger partial charge in [-0.2, -0.15) is 0 Å². The summed E-state index contributed by atoms with van der Waals surface area (Å²) >= 11 is 0. The molecule has 1 aromatic carbocycles. The molecule has 5 nitrogen and oxygen atoms in total. The average molecular weight is 306 g/mol. The second kappa shape index (κ2) is 6.01. The maximum Gasteiger partial charge on any atom is 0.241 e. The molecule has 0 saturated heterocycles. The zero-order valence-corrected chi connectivity index (χ0v) is 12.4. The van der Waals surface area contributed by atoms with E-state index in [2.05, 4.69) is 10.0 Å². The van der Waals surface area contributed by atoms with E-state index >= 15 is 0 Å². The summed E-state index contributed by atoms with van der Waals surface area (Å²) in [6.45, 7) is 0.724. The minimum Gasteiger partial charge on any atom is -0.468 e. The Bertz CT molecular complexity index is 691. The van der Waals surface area contributed by atoms with Crippen molar-refractivity contribution in [3.63, 3.8) is 0 Å². The Hall–Kier alpha value is -1.63. The Labute approximate surface area is 124 Å². The summed E-state index contributed by atoms with van der Waals surface area (Å²) in [7, 11) is -3.54. The van der Waals surface area contributed by atoms with E-state index in [9.17, 15) is 8.42 Å². The van der Waals surface area contributed by atoms with Crippen molar-refractivity contribution in [2.45, 2.75) is 36.9 Å². The minimum absolute atomic E-state index is 0.153. The highest BCUT2D eigenvalue weighted by molar-refractivity contribution is 7.89. The van der Waals surface area contributed by atoms with Crippen molar-refractivity contribution >= 4 is 10.0 Å². The van der Waals surface area contributed by atoms with Crippen molar-refractivity contribution in [2.24, 2.45) is 0 Å². The topological polar surface area (TPSA) is 71.3 Å². The Morgan fingerprint density at radius 3 is 2.62 bits per heavy atom. The van der Waals surface area contributed by atoms with Gasteiger partial charge in [0.05, 0.1) is 17.7 Å². The third kappa shape index (κ3) is 3.72. The van der Waals surface area contributed by atoms with Crippen LogP contribution in [0.3, 0.4) is 0 Å². The molecule has 0 amide bonds. The molecule has 1 aliphatic carbocycles. The molecule has 2 aromatic rings. The molecule has 3 rings (SSSR count). The van der Waals surface area contributed by atoms with Crippen LogP contribution < -0.4 is 10.0 Å². The van der Waals surface area contributed by atoms with E-state index < -0.39 is 10.0 Å². The number of hydrogen-bond donors (Lipinski definition) is 2. The number of rotatable bonds is 7. The fraction of sp³-hybridized carbons (Fsp3) is 0.333. The standard InChI is InChI=1S/C15H18N2O3S/c18-21(19,17-11-14-5-3-9-20-14)15-6-2-1-4-12(15)10-16-13-7-8-13/h1-6,9,13,16-17H,7-8,10-11H2. The van der Waals surface area contributed by atoms with Crippen LogP contribution in [-0.2, 0) is 23.1 Å². The fourth-order valence-corrected chi connectivity index (χ4v) is 3.34. The molecule has 1 aromatic heterocycles. The van der Waals surface area contributed by atoms with Gasteiger partial charge in [-0.1, -0.05) is 18.2 Å². The van der Waals surface area contributed by atoms with Gasteiger partial charge in [0.25, 0.3) is 0 Å². The van der Waals surface area contributed by atoms with E-state index in [0.29, 0.717) is 23.2 Å². The highest BCUT2D eigenvalue weighted by Gasteiger charge is 2.22. The molecular weight excluding hydrogens is 288 g/mol. The SMILES string of the molecule is O=S(=O)(NCc1ccco1)c1ccccc1CNC1CC1. The molecule has 2 N–H and O–H groups in total. The van der Waals surface area contributed by atoms with Crippen LogP contribution in [0.1, 0.15) is 24.2 Å². The van der Waals surface area contributed by atoms with Gasteiger partial charge < -0.3 is 9.73 Å². The third-order valence-corrected chi connectivity index (χ3v) is 4.94. The summed E-state index contributed by atoms with van der Waals surface area (Å²) in [5.41, 5.74) is 0.788. The maximum absolute atomic E-state index is 12.4. The Balaban J connectivity index is 1.73. The molecule has 1 heterocycles. The van der Waals surface area contributed by atoms with Crippen LogP contribution in [0.2, 0.25) is 0 Å². The van der Waals surface area contributed by atoms with Crippen LogP contribution in [0, 0.1) is 0 Å². The third-order valence-electron chi connectivity index (χ3n) is 3.44. The zero-order chi connectivity index (χ0) is 14.7. The van der Waals surface area contributed by atoms with E-state index in [1.165, 1.54) is 19.1 Å². The summed E-state index contributed by atoms with van der Waals surface area (Å²) in [4.78, 5) is 0.324. The minimum atomic E-state index is -3.54. The van der Waals surface area contributed by atoms with Crippen molar-refractivity contribution in [1.29, 1.82) is 0 Å². The molecule has 0 unspecified atom stereocenters. The molecule has 0 radical (unpaired) electrons. The lowest BCUT2D eigenvalue weighted by Crippen LogP contribution is -2.25. The lowest BCUT2D eigenvalue weighted by atomic mass is 10.2. The average Bonchev–Trinajstić information content (AvgIpc) is 3.17. The molecule has 0 atom stereocenters. The summed E-state index contributed by atoms with van der Waals surface area (Å²) in [6, 6.07) is 11.1. The van der Waals surface area contributed by atoms with Gasteiger partial charge in [-0.15, -0.1) is 0 Å². The molecule has 1 fully saturated rings. The first-order valence-corrected chi connectivity index (χ1v) is 8.47. The van der Waals surface area contributed by atoms with Gasteiger partial charge in [0, 0.05) is 12.6 Å². The van der Waals surface area contributed by atoms with Crippen LogP contribution in [0.25, 0.3) is 0 Å². The monoisotopic (exact) mass is 306 g/mol. The summed E-state index contributed by atoms with van der Waals surface area (Å²) in [6.07, 6.45) is 3.87. The van der Waals surface area contributed by atoms with Crippen LogP contribution in [-0.4, -0.2) is 14.5 Å². The second-order valence-electron chi connectivity index (χ2n) is 5.17. The molecule has 0 aliphatic heterocycles. The van der Waals surface area contributed by atoms with Crippen molar-refractivity contribution in [2.75, 3.05) is 0 Å². The quantitative estimate of drug-likeness (QED) is 0.821. The largest absolute Gasteiger partial charge is 0.468 e. The first kappa shape index (κ1) is 14.3. The molecule has 112 valence electrons. The second-order valence-corrected chi connectivity index (χ2v) is 6.90. The van der Waals surface area contributed by atoms with E-state index in [0.717, 1.165) is 5.56 Å². The number of nitrogens with one attached hydrogen (secondary N) is 2. The Morgan fingerprint density at radius 2 is 1.90 bits per heavy atom. The van der Waals surface area contributed by atoms with Gasteiger partial charge >= 0.3 is 0 Å². The Morgan fingerprint density at radius 1 is 1.10 bits per heavy atom. The van der Waals surface area contributed by atoms with Gasteiger partial charge in [0.15, 0.2) is 0 Å². The first-order chi connectivity index (χ1) is 10.1. The summed E-state index contributed by atoms with van der Waals surface area (Å²) < 4.78 is 32.6. The smallest absolute Gasteiger partial charge is 0.241 e. The van der Waals surface area contributed by atoms with E-state index in [1.54, 1.807) is 24.3 Å². The molecule has 0 spiro atoms. The number of hydrogen-bond acceptors (Lipinski definition) is 4. The highest BCUT2D eigenvalue weighted by Crippen LogP contribution is 2.21. The first-order valence-electron chi connectivity index (χ1n) is 6.98. The Kier molecular flexibility index (Phi) is 4.10. The number of sulfonamides is 1. The fourth-order valence-electron chi connectivity index (χ4n) is 2.11. The molecule has 21 heavy (non-hydrogen) atoms. The van der Waals surface area contributed by atoms with Gasteiger partial charge in [0.1, 0.15) is 5.76 Å². The predicted molar refractivity (Wildman–Crippen MR) is 79.0 cm³/mol. The molecule has 1 aliphatic rings. The van der Waals surface area contributed by atoms with Crippen LogP contribution >= 0.6 is 0 Å². The molecule has 1 saturated carbocycles. The van der Waals surface area contributed by atoms with Gasteiger partial charge in [0.2, 0.25) is 10.0 Å².